The second-order valence-electron chi connectivity index (χ2n) is 3.97. The molecule has 0 unspecified atom stereocenters. The Bertz CT molecular complexity index is 473. The molecule has 1 aromatic carbocycles. The van der Waals surface area contributed by atoms with Crippen LogP contribution in [0.5, 0.6) is 0 Å². The van der Waals surface area contributed by atoms with E-state index in [0.717, 1.165) is 22.8 Å². The Kier molecular flexibility index (Phi) is 4.54. The number of aryl methyl sites for hydroxylation is 1. The molecule has 0 atom stereocenters. The first-order chi connectivity index (χ1) is 8.34. The molecule has 0 fully saturated rings. The number of rotatable bonds is 3. The first-order valence-electron chi connectivity index (χ1n) is 5.52. The molecule has 18 heavy (non-hydrogen) atoms. The third-order valence-electron chi connectivity index (χ3n) is 2.52. The highest BCUT2D eigenvalue weighted by Crippen LogP contribution is 2.26. The smallest absolute Gasteiger partial charge is 0.166 e. The molecule has 0 amide bonds. The van der Waals surface area contributed by atoms with Gasteiger partial charge in [-0.05, 0) is 25.0 Å². The predicted octanol–water partition coefficient (Wildman–Crippen LogP) is 5.07. The molecule has 0 aromatic heterocycles. The minimum Gasteiger partial charge on any atom is -0.166 e. The lowest BCUT2D eigenvalue weighted by molar-refractivity contribution is -0.0878. The largest absolute Gasteiger partial charge is 0.415 e. The summed E-state index contributed by atoms with van der Waals surface area (Å²) < 4.78 is 36.9. The molecule has 1 rings (SSSR count). The molecule has 0 nitrogen and oxygen atoms in total. The second-order valence-corrected chi connectivity index (χ2v) is 3.97. The highest BCUT2D eigenvalue weighted by molar-refractivity contribution is 5.74. The Morgan fingerprint density at radius 2 is 1.67 bits per heavy atom. The van der Waals surface area contributed by atoms with Crippen molar-refractivity contribution in [1.82, 2.24) is 0 Å². The van der Waals surface area contributed by atoms with Crippen molar-refractivity contribution >= 4 is 5.57 Å². The maximum atomic E-state index is 12.3. The summed E-state index contributed by atoms with van der Waals surface area (Å²) in [5.41, 5.74) is 1.88. The molecule has 0 heterocycles. The Morgan fingerprint density at radius 1 is 1.11 bits per heavy atom. The van der Waals surface area contributed by atoms with Crippen molar-refractivity contribution in [3.8, 4) is 0 Å². The van der Waals surface area contributed by atoms with E-state index in [-0.39, 0.29) is 0 Å². The van der Waals surface area contributed by atoms with Crippen LogP contribution in [0.25, 0.3) is 5.57 Å². The molecule has 0 radical (unpaired) electrons. The lowest BCUT2D eigenvalue weighted by Crippen LogP contribution is -2.08. The molecular formula is C15H15F3. The zero-order valence-corrected chi connectivity index (χ0v) is 10.4. The molecule has 96 valence electrons. The summed E-state index contributed by atoms with van der Waals surface area (Å²) in [6.45, 7) is 6.75. The van der Waals surface area contributed by atoms with Crippen LogP contribution in [0, 0.1) is 6.92 Å². The molecule has 0 spiro atoms. The van der Waals surface area contributed by atoms with Gasteiger partial charge in [-0.2, -0.15) is 13.2 Å². The summed E-state index contributed by atoms with van der Waals surface area (Å²) >= 11 is 0. The van der Waals surface area contributed by atoms with Crippen molar-refractivity contribution in [2.24, 2.45) is 0 Å². The van der Waals surface area contributed by atoms with E-state index >= 15 is 0 Å². The molecule has 0 bridgehead atoms. The van der Waals surface area contributed by atoms with E-state index in [1.165, 1.54) is 6.08 Å². The summed E-state index contributed by atoms with van der Waals surface area (Å²) in [7, 11) is 0. The molecule has 0 aliphatic heterocycles. The van der Waals surface area contributed by atoms with E-state index < -0.39 is 11.7 Å². The molecular weight excluding hydrogens is 237 g/mol. The average molecular weight is 252 g/mol. The van der Waals surface area contributed by atoms with Crippen LogP contribution >= 0.6 is 0 Å². The van der Waals surface area contributed by atoms with Gasteiger partial charge in [0.1, 0.15) is 0 Å². The van der Waals surface area contributed by atoms with E-state index in [2.05, 4.69) is 6.58 Å². The highest BCUT2D eigenvalue weighted by Gasteiger charge is 2.29. The number of benzene rings is 1. The maximum Gasteiger partial charge on any atom is 0.415 e. The van der Waals surface area contributed by atoms with Crippen LogP contribution in [0.3, 0.4) is 0 Å². The van der Waals surface area contributed by atoms with Crippen LogP contribution < -0.4 is 0 Å². The van der Waals surface area contributed by atoms with Crippen molar-refractivity contribution in [2.75, 3.05) is 0 Å². The third kappa shape index (κ3) is 3.91. The quantitative estimate of drug-likeness (QED) is 0.658. The zero-order valence-electron chi connectivity index (χ0n) is 10.4. The second kappa shape index (κ2) is 5.71. The summed E-state index contributed by atoms with van der Waals surface area (Å²) in [6.07, 6.45) is -0.177. The van der Waals surface area contributed by atoms with Crippen LogP contribution in [-0.2, 0) is 0 Å². The summed E-state index contributed by atoms with van der Waals surface area (Å²) in [5.74, 6) is 0. The number of allylic oxidation sites excluding steroid dienone is 5. The molecule has 0 aliphatic carbocycles. The van der Waals surface area contributed by atoms with Crippen molar-refractivity contribution in [2.45, 2.75) is 20.0 Å². The van der Waals surface area contributed by atoms with Gasteiger partial charge in [0.15, 0.2) is 0 Å². The van der Waals surface area contributed by atoms with Crippen LogP contribution in [0.2, 0.25) is 0 Å². The number of alkyl halides is 3. The number of hydrogen-bond acceptors (Lipinski definition) is 0. The summed E-state index contributed by atoms with van der Waals surface area (Å²) in [4.78, 5) is 0. The van der Waals surface area contributed by atoms with Crippen molar-refractivity contribution < 1.29 is 13.2 Å². The summed E-state index contributed by atoms with van der Waals surface area (Å²) in [6, 6.07) is 7.60. The van der Waals surface area contributed by atoms with Crippen LogP contribution in [0.1, 0.15) is 18.1 Å². The van der Waals surface area contributed by atoms with Crippen molar-refractivity contribution in [3.05, 3.63) is 65.8 Å². The van der Waals surface area contributed by atoms with Gasteiger partial charge in [0.25, 0.3) is 0 Å². The first-order valence-corrected chi connectivity index (χ1v) is 5.52. The summed E-state index contributed by atoms with van der Waals surface area (Å²) in [5, 5.41) is 0. The molecule has 1 aromatic rings. The molecule has 0 saturated carbocycles. The standard InChI is InChI=1S/C15H15F3/c1-4-13(10-7-12(3)15(16,17)18)14-8-5-11(2)6-9-14/h4-10H,3H2,1-2H3/b10-7-,13-4+. The molecule has 0 N–H and O–H groups in total. The topological polar surface area (TPSA) is 0 Å². The minimum absolute atomic E-state index is 0.736. The van der Waals surface area contributed by atoms with Crippen LogP contribution in [0.4, 0.5) is 13.2 Å². The number of halogens is 3. The third-order valence-corrected chi connectivity index (χ3v) is 2.52. The van der Waals surface area contributed by atoms with Gasteiger partial charge in [0.05, 0.1) is 0 Å². The van der Waals surface area contributed by atoms with Gasteiger partial charge in [-0.25, -0.2) is 0 Å². The average Bonchev–Trinajstić information content (AvgIpc) is 2.30. The lowest BCUT2D eigenvalue weighted by atomic mass is 10.0. The fourth-order valence-electron chi connectivity index (χ4n) is 1.39. The Morgan fingerprint density at radius 3 is 2.11 bits per heavy atom. The normalized spacial score (nSPS) is 13.1. The van der Waals surface area contributed by atoms with E-state index in [1.54, 1.807) is 13.0 Å². The molecule has 0 saturated heterocycles. The Hall–Kier alpha value is -1.77. The lowest BCUT2D eigenvalue weighted by Gasteiger charge is -2.06. The van der Waals surface area contributed by atoms with E-state index in [0.29, 0.717) is 0 Å². The number of hydrogen-bond donors (Lipinski definition) is 0. The minimum atomic E-state index is -4.37. The van der Waals surface area contributed by atoms with Gasteiger partial charge >= 0.3 is 6.18 Å². The Balaban J connectivity index is 2.91. The van der Waals surface area contributed by atoms with Crippen LogP contribution in [0.15, 0.2) is 54.6 Å². The van der Waals surface area contributed by atoms with E-state index in [1.807, 2.05) is 31.2 Å². The van der Waals surface area contributed by atoms with Gasteiger partial charge in [-0.1, -0.05) is 54.6 Å². The fraction of sp³-hybridized carbons (Fsp3) is 0.200. The van der Waals surface area contributed by atoms with E-state index in [9.17, 15) is 13.2 Å². The van der Waals surface area contributed by atoms with Crippen molar-refractivity contribution in [3.63, 3.8) is 0 Å². The van der Waals surface area contributed by atoms with E-state index in [4.69, 9.17) is 0 Å². The van der Waals surface area contributed by atoms with Gasteiger partial charge in [-0.3, -0.25) is 0 Å². The van der Waals surface area contributed by atoms with Gasteiger partial charge < -0.3 is 0 Å². The van der Waals surface area contributed by atoms with Gasteiger partial charge in [-0.15, -0.1) is 0 Å². The van der Waals surface area contributed by atoms with Gasteiger partial charge in [0, 0.05) is 5.57 Å². The maximum absolute atomic E-state index is 12.3. The van der Waals surface area contributed by atoms with Crippen LogP contribution in [-0.4, -0.2) is 6.18 Å². The Labute approximate surface area is 105 Å². The SMILES string of the molecule is C=C(/C=C\C(=C/C)c1ccc(C)cc1)C(F)(F)F. The van der Waals surface area contributed by atoms with Gasteiger partial charge in [0.2, 0.25) is 0 Å². The first kappa shape index (κ1) is 14.3. The highest BCUT2D eigenvalue weighted by atomic mass is 19.4. The predicted molar refractivity (Wildman–Crippen MR) is 69.2 cm³/mol. The van der Waals surface area contributed by atoms with Crippen molar-refractivity contribution in [1.29, 1.82) is 0 Å². The molecule has 3 heteroatoms. The molecule has 0 aliphatic rings. The fourth-order valence-corrected chi connectivity index (χ4v) is 1.39. The zero-order chi connectivity index (χ0) is 13.8. The monoisotopic (exact) mass is 252 g/mol.